The Bertz CT molecular complexity index is 965. The quantitative estimate of drug-likeness (QED) is 0.605. The molecule has 4 rings (SSSR count). The topological polar surface area (TPSA) is 38.3 Å². The van der Waals surface area contributed by atoms with Crippen LogP contribution in [0.25, 0.3) is 11.1 Å². The van der Waals surface area contributed by atoms with Crippen LogP contribution in [-0.4, -0.2) is 12.5 Å². The van der Waals surface area contributed by atoms with E-state index in [1.807, 2.05) is 35.7 Å². The Kier molecular flexibility index (Phi) is 4.94. The van der Waals surface area contributed by atoms with Crippen molar-refractivity contribution >= 4 is 22.9 Å². The minimum atomic E-state index is -0.284. The normalized spacial score (nSPS) is 15.9. The zero-order valence-electron chi connectivity index (χ0n) is 15.0. The molecule has 1 aromatic heterocycles. The van der Waals surface area contributed by atoms with Gasteiger partial charge in [0.25, 0.3) is 0 Å². The van der Waals surface area contributed by atoms with Gasteiger partial charge in [-0.15, -0.1) is 11.3 Å². The minimum Gasteiger partial charge on any atom is -0.494 e. The molecule has 2 heterocycles. The third kappa shape index (κ3) is 3.60. The maximum absolute atomic E-state index is 13.6. The lowest BCUT2D eigenvalue weighted by Gasteiger charge is -2.24. The molecule has 3 nitrogen and oxygen atoms in total. The van der Waals surface area contributed by atoms with E-state index in [0.29, 0.717) is 13.0 Å². The molecule has 1 N–H and O–H groups in total. The van der Waals surface area contributed by atoms with Gasteiger partial charge in [0, 0.05) is 28.2 Å². The minimum absolute atomic E-state index is 0.00119. The van der Waals surface area contributed by atoms with Crippen LogP contribution >= 0.6 is 11.3 Å². The molecule has 0 saturated heterocycles. The van der Waals surface area contributed by atoms with Crippen molar-refractivity contribution < 1.29 is 13.9 Å². The van der Waals surface area contributed by atoms with E-state index in [1.165, 1.54) is 12.1 Å². The number of ether oxygens (including phenoxy) is 1. The van der Waals surface area contributed by atoms with Gasteiger partial charge in [-0.2, -0.15) is 0 Å². The first-order valence-corrected chi connectivity index (χ1v) is 9.93. The summed E-state index contributed by atoms with van der Waals surface area (Å²) in [7, 11) is 0. The lowest BCUT2D eigenvalue weighted by atomic mass is 9.89. The first-order valence-electron chi connectivity index (χ1n) is 9.05. The fourth-order valence-electron chi connectivity index (χ4n) is 3.38. The molecule has 2 aromatic carbocycles. The van der Waals surface area contributed by atoms with Gasteiger partial charge in [-0.1, -0.05) is 31.2 Å². The van der Waals surface area contributed by atoms with Gasteiger partial charge in [-0.05, 0) is 41.8 Å². The highest BCUT2D eigenvalue weighted by molar-refractivity contribution is 7.11. The second kappa shape index (κ2) is 7.53. The van der Waals surface area contributed by atoms with Gasteiger partial charge in [0.2, 0.25) is 5.91 Å². The summed E-state index contributed by atoms with van der Waals surface area (Å²) < 4.78 is 19.3. The van der Waals surface area contributed by atoms with E-state index >= 15 is 0 Å². The molecule has 0 radical (unpaired) electrons. The summed E-state index contributed by atoms with van der Waals surface area (Å²) in [6.07, 6.45) is 1.37. The molecule has 0 spiro atoms. The molecule has 0 saturated carbocycles. The molecular formula is C22H20FNO2S. The summed E-state index contributed by atoms with van der Waals surface area (Å²) in [5.74, 6) is 0.540. The predicted octanol–water partition coefficient (Wildman–Crippen LogP) is 5.82. The Hall–Kier alpha value is -2.66. The number of nitrogens with one attached hydrogen (secondary N) is 1. The Morgan fingerprint density at radius 2 is 2.04 bits per heavy atom. The fourth-order valence-corrected chi connectivity index (χ4v) is 4.54. The van der Waals surface area contributed by atoms with E-state index in [1.54, 1.807) is 17.4 Å². The van der Waals surface area contributed by atoms with Gasteiger partial charge in [0.15, 0.2) is 0 Å². The van der Waals surface area contributed by atoms with Crippen molar-refractivity contribution in [2.45, 2.75) is 25.7 Å². The summed E-state index contributed by atoms with van der Waals surface area (Å²) in [4.78, 5) is 13.5. The van der Waals surface area contributed by atoms with E-state index in [9.17, 15) is 9.18 Å². The second-order valence-electron chi connectivity index (χ2n) is 6.62. The van der Waals surface area contributed by atoms with Crippen molar-refractivity contribution in [2.75, 3.05) is 11.9 Å². The van der Waals surface area contributed by atoms with Crippen LogP contribution in [0, 0.1) is 5.82 Å². The number of carbonyl (C=O) groups is 1. The van der Waals surface area contributed by atoms with E-state index in [-0.39, 0.29) is 17.6 Å². The van der Waals surface area contributed by atoms with Crippen LogP contribution in [0.4, 0.5) is 10.1 Å². The number of amides is 1. The molecule has 1 aliphatic heterocycles. The molecule has 5 heteroatoms. The lowest BCUT2D eigenvalue weighted by molar-refractivity contribution is -0.116. The molecule has 27 heavy (non-hydrogen) atoms. The Morgan fingerprint density at radius 3 is 2.78 bits per heavy atom. The number of thiophene rings is 1. The van der Waals surface area contributed by atoms with Crippen LogP contribution in [0.15, 0.2) is 53.9 Å². The number of hydrogen-bond acceptors (Lipinski definition) is 3. The van der Waals surface area contributed by atoms with E-state index in [4.69, 9.17) is 4.74 Å². The van der Waals surface area contributed by atoms with Crippen molar-refractivity contribution in [1.82, 2.24) is 0 Å². The van der Waals surface area contributed by atoms with Gasteiger partial charge >= 0.3 is 0 Å². The van der Waals surface area contributed by atoms with Gasteiger partial charge < -0.3 is 10.1 Å². The van der Waals surface area contributed by atoms with Gasteiger partial charge in [0.1, 0.15) is 11.6 Å². The molecule has 0 unspecified atom stereocenters. The maximum atomic E-state index is 13.6. The lowest BCUT2D eigenvalue weighted by Crippen LogP contribution is -2.22. The molecular weight excluding hydrogens is 361 g/mol. The number of rotatable bonds is 5. The largest absolute Gasteiger partial charge is 0.494 e. The fraction of sp³-hybridized carbons (Fsp3) is 0.227. The number of benzene rings is 2. The monoisotopic (exact) mass is 381 g/mol. The summed E-state index contributed by atoms with van der Waals surface area (Å²) in [5.41, 5.74) is 3.54. The van der Waals surface area contributed by atoms with Crippen LogP contribution < -0.4 is 10.1 Å². The summed E-state index contributed by atoms with van der Waals surface area (Å²) >= 11 is 1.61. The average molecular weight is 381 g/mol. The predicted molar refractivity (Wildman–Crippen MR) is 107 cm³/mol. The van der Waals surface area contributed by atoms with Crippen LogP contribution in [0.5, 0.6) is 5.75 Å². The molecule has 1 aliphatic rings. The highest BCUT2D eigenvalue weighted by Gasteiger charge is 2.30. The smallest absolute Gasteiger partial charge is 0.225 e. The zero-order chi connectivity index (χ0) is 18.8. The Morgan fingerprint density at radius 1 is 1.22 bits per heavy atom. The van der Waals surface area contributed by atoms with Crippen LogP contribution in [0.2, 0.25) is 0 Å². The molecule has 1 amide bonds. The third-order valence-corrected chi connectivity index (χ3v) is 5.78. The van der Waals surface area contributed by atoms with Crippen molar-refractivity contribution in [3.63, 3.8) is 0 Å². The van der Waals surface area contributed by atoms with E-state index < -0.39 is 0 Å². The molecule has 0 fully saturated rings. The second-order valence-corrected chi connectivity index (χ2v) is 7.53. The Labute approximate surface area is 161 Å². The van der Waals surface area contributed by atoms with Gasteiger partial charge in [0.05, 0.1) is 12.3 Å². The van der Waals surface area contributed by atoms with E-state index in [2.05, 4.69) is 12.2 Å². The number of carbonyl (C=O) groups excluding carboxylic acids is 1. The average Bonchev–Trinajstić information content (AvgIpc) is 3.10. The highest BCUT2D eigenvalue weighted by Crippen LogP contribution is 2.46. The zero-order valence-corrected chi connectivity index (χ0v) is 15.8. The van der Waals surface area contributed by atoms with E-state index in [0.717, 1.165) is 39.4 Å². The molecule has 0 aliphatic carbocycles. The Balaban J connectivity index is 1.69. The first-order chi connectivity index (χ1) is 13.2. The number of fused-ring (bicyclic) bond motifs is 1. The van der Waals surface area contributed by atoms with Crippen molar-refractivity contribution in [1.29, 1.82) is 0 Å². The number of hydrogen-bond donors (Lipinski definition) is 1. The van der Waals surface area contributed by atoms with Crippen LogP contribution in [-0.2, 0) is 4.79 Å². The van der Waals surface area contributed by atoms with Gasteiger partial charge in [-0.25, -0.2) is 4.39 Å². The van der Waals surface area contributed by atoms with Crippen LogP contribution in [0.1, 0.15) is 36.1 Å². The van der Waals surface area contributed by atoms with Crippen molar-refractivity contribution in [2.24, 2.45) is 0 Å². The standard InChI is InChI=1S/C22H20FNO2S/c1-2-10-26-17-8-6-14(7-9-17)18-12-20(25)24-21-19(13-27-22(18)21)15-4-3-5-16(23)11-15/h3-9,11,13,18H,2,10,12H2,1H3,(H,24,25)/t18-/m0/s1. The molecule has 0 bridgehead atoms. The van der Waals surface area contributed by atoms with Crippen molar-refractivity contribution in [3.8, 4) is 16.9 Å². The molecule has 138 valence electrons. The molecule has 1 atom stereocenters. The summed E-state index contributed by atoms with van der Waals surface area (Å²) in [6, 6.07) is 14.4. The van der Waals surface area contributed by atoms with Crippen LogP contribution in [0.3, 0.4) is 0 Å². The SMILES string of the molecule is CCCOc1ccc([C@@H]2CC(=O)Nc3c(-c4cccc(F)c4)csc32)cc1. The summed E-state index contributed by atoms with van der Waals surface area (Å²) in [5, 5.41) is 4.99. The number of halogens is 1. The third-order valence-electron chi connectivity index (χ3n) is 4.68. The first kappa shape index (κ1) is 17.7. The summed E-state index contributed by atoms with van der Waals surface area (Å²) in [6.45, 7) is 2.76. The van der Waals surface area contributed by atoms with Gasteiger partial charge in [-0.3, -0.25) is 4.79 Å². The maximum Gasteiger partial charge on any atom is 0.225 e. The number of anilines is 1. The highest BCUT2D eigenvalue weighted by atomic mass is 32.1. The molecule has 3 aromatic rings. The van der Waals surface area contributed by atoms with Crippen molar-refractivity contribution in [3.05, 3.63) is 70.2 Å².